The van der Waals surface area contributed by atoms with Crippen molar-refractivity contribution >= 4 is 17.2 Å². The van der Waals surface area contributed by atoms with Crippen LogP contribution in [-0.4, -0.2) is 46.4 Å². The summed E-state index contributed by atoms with van der Waals surface area (Å²) in [4.78, 5) is 13.9. The lowest BCUT2D eigenvalue weighted by molar-refractivity contribution is 0.0270. The summed E-state index contributed by atoms with van der Waals surface area (Å²) in [7, 11) is 1.64. The predicted octanol–water partition coefficient (Wildman–Crippen LogP) is 3.37. The first-order valence-electron chi connectivity index (χ1n) is 8.06. The number of nitrogens with zero attached hydrogens (tertiary/aromatic N) is 3. The second kappa shape index (κ2) is 6.19. The van der Waals surface area contributed by atoms with Gasteiger partial charge in [-0.3, -0.25) is 0 Å². The number of aromatic nitrogens is 2. The van der Waals surface area contributed by atoms with Gasteiger partial charge in [-0.2, -0.15) is 5.10 Å². The highest BCUT2D eigenvalue weighted by Crippen LogP contribution is 2.27. The fraction of sp³-hybridized carbons (Fsp3) is 0.444. The highest BCUT2D eigenvalue weighted by atomic mass is 16.6. The van der Waals surface area contributed by atoms with Crippen LogP contribution in [0.25, 0.3) is 11.1 Å². The molecule has 3 rings (SSSR count). The molecule has 3 heterocycles. The molecule has 1 aliphatic rings. The van der Waals surface area contributed by atoms with E-state index in [4.69, 9.17) is 9.47 Å². The van der Waals surface area contributed by atoms with Crippen LogP contribution in [0.2, 0.25) is 0 Å². The van der Waals surface area contributed by atoms with E-state index in [-0.39, 0.29) is 6.09 Å². The van der Waals surface area contributed by atoms with Crippen molar-refractivity contribution in [3.8, 4) is 5.75 Å². The monoisotopic (exact) mass is 329 g/mol. The van der Waals surface area contributed by atoms with Crippen LogP contribution in [-0.2, 0) is 4.74 Å². The normalized spacial score (nSPS) is 15.3. The van der Waals surface area contributed by atoms with Crippen molar-refractivity contribution < 1.29 is 14.3 Å². The van der Waals surface area contributed by atoms with Gasteiger partial charge in [0.05, 0.1) is 25.0 Å². The molecular weight excluding hydrogens is 306 g/mol. The average Bonchev–Trinajstić information content (AvgIpc) is 2.96. The van der Waals surface area contributed by atoms with E-state index in [1.165, 1.54) is 5.57 Å². The summed E-state index contributed by atoms with van der Waals surface area (Å²) in [6.45, 7) is 6.84. The largest absolute Gasteiger partial charge is 0.495 e. The number of hydrogen-bond acceptors (Lipinski definition) is 4. The Bertz CT molecular complexity index is 786. The third kappa shape index (κ3) is 3.37. The topological polar surface area (TPSA) is 56.1 Å². The van der Waals surface area contributed by atoms with Crippen LogP contribution in [0.1, 0.15) is 32.8 Å². The molecule has 0 spiro atoms. The van der Waals surface area contributed by atoms with E-state index in [1.54, 1.807) is 12.0 Å². The van der Waals surface area contributed by atoms with Gasteiger partial charge in [-0.15, -0.1) is 0 Å². The maximum Gasteiger partial charge on any atom is 0.410 e. The SMILES string of the molecule is COc1ccc2c(C3=CCN(C(=O)OC(C)(C)C)CC3)cnn2c1. The summed E-state index contributed by atoms with van der Waals surface area (Å²) >= 11 is 0. The summed E-state index contributed by atoms with van der Waals surface area (Å²) < 4.78 is 12.5. The maximum atomic E-state index is 12.1. The Morgan fingerprint density at radius 2 is 2.08 bits per heavy atom. The zero-order valence-electron chi connectivity index (χ0n) is 14.6. The van der Waals surface area contributed by atoms with E-state index < -0.39 is 5.60 Å². The van der Waals surface area contributed by atoms with Crippen LogP contribution in [0.3, 0.4) is 0 Å². The standard InChI is InChI=1S/C18H23N3O3/c1-18(2,3)24-17(22)20-9-7-13(8-10-20)15-11-19-21-12-14(23-4)5-6-16(15)21/h5-7,11-12H,8-10H2,1-4H3. The van der Waals surface area contributed by atoms with Gasteiger partial charge < -0.3 is 14.4 Å². The molecule has 0 N–H and O–H groups in total. The molecule has 0 unspecified atom stereocenters. The number of methoxy groups -OCH3 is 1. The minimum absolute atomic E-state index is 0.262. The van der Waals surface area contributed by atoms with Crippen LogP contribution in [0, 0.1) is 0 Å². The highest BCUT2D eigenvalue weighted by molar-refractivity contribution is 5.80. The molecule has 0 aliphatic carbocycles. The van der Waals surface area contributed by atoms with Gasteiger partial charge in [0.25, 0.3) is 0 Å². The number of carbonyl (C=O) groups is 1. The number of pyridine rings is 1. The van der Waals surface area contributed by atoms with Gasteiger partial charge in [-0.05, 0) is 44.9 Å². The molecule has 6 nitrogen and oxygen atoms in total. The zero-order valence-corrected chi connectivity index (χ0v) is 14.6. The molecule has 2 aromatic heterocycles. The smallest absolute Gasteiger partial charge is 0.410 e. The van der Waals surface area contributed by atoms with Crippen molar-refractivity contribution in [1.82, 2.24) is 14.5 Å². The van der Waals surface area contributed by atoms with Gasteiger partial charge in [-0.25, -0.2) is 9.31 Å². The predicted molar refractivity (Wildman–Crippen MR) is 92.1 cm³/mol. The fourth-order valence-electron chi connectivity index (χ4n) is 2.74. The van der Waals surface area contributed by atoms with Gasteiger partial charge in [0.2, 0.25) is 0 Å². The lowest BCUT2D eigenvalue weighted by Crippen LogP contribution is -2.39. The number of rotatable bonds is 2. The van der Waals surface area contributed by atoms with E-state index in [0.717, 1.165) is 23.3 Å². The second-order valence-corrected chi connectivity index (χ2v) is 6.86. The molecule has 1 aliphatic heterocycles. The van der Waals surface area contributed by atoms with Crippen molar-refractivity contribution in [3.05, 3.63) is 36.2 Å². The molecule has 128 valence electrons. The van der Waals surface area contributed by atoms with E-state index in [2.05, 4.69) is 11.2 Å². The Kier molecular flexibility index (Phi) is 4.22. The highest BCUT2D eigenvalue weighted by Gasteiger charge is 2.24. The summed E-state index contributed by atoms with van der Waals surface area (Å²) in [5.41, 5.74) is 2.87. The number of amides is 1. The lowest BCUT2D eigenvalue weighted by Gasteiger charge is -2.29. The zero-order chi connectivity index (χ0) is 17.3. The first-order valence-corrected chi connectivity index (χ1v) is 8.06. The van der Waals surface area contributed by atoms with Crippen LogP contribution in [0.5, 0.6) is 5.75 Å². The Morgan fingerprint density at radius 1 is 1.29 bits per heavy atom. The Hall–Kier alpha value is -2.50. The lowest BCUT2D eigenvalue weighted by atomic mass is 10.0. The quantitative estimate of drug-likeness (QED) is 0.848. The van der Waals surface area contributed by atoms with Crippen molar-refractivity contribution in [3.63, 3.8) is 0 Å². The summed E-state index contributed by atoms with van der Waals surface area (Å²) in [5.74, 6) is 0.769. The molecule has 0 bridgehead atoms. The van der Waals surface area contributed by atoms with Gasteiger partial charge in [0.1, 0.15) is 11.4 Å². The van der Waals surface area contributed by atoms with E-state index in [1.807, 2.05) is 49.8 Å². The number of fused-ring (bicyclic) bond motifs is 1. The third-order valence-electron chi connectivity index (χ3n) is 3.93. The molecule has 6 heteroatoms. The van der Waals surface area contributed by atoms with Crippen LogP contribution < -0.4 is 4.74 Å². The first-order chi connectivity index (χ1) is 11.4. The average molecular weight is 329 g/mol. The van der Waals surface area contributed by atoms with Gasteiger partial charge in [0, 0.05) is 18.7 Å². The molecule has 0 radical (unpaired) electrons. The molecule has 0 atom stereocenters. The van der Waals surface area contributed by atoms with Crippen LogP contribution >= 0.6 is 0 Å². The van der Waals surface area contributed by atoms with Crippen molar-refractivity contribution in [1.29, 1.82) is 0 Å². The first kappa shape index (κ1) is 16.4. The summed E-state index contributed by atoms with van der Waals surface area (Å²) in [6.07, 6.45) is 6.32. The molecule has 0 aromatic carbocycles. The third-order valence-corrected chi connectivity index (χ3v) is 3.93. The number of ether oxygens (including phenoxy) is 2. The van der Waals surface area contributed by atoms with Crippen molar-refractivity contribution in [2.45, 2.75) is 32.8 Å². The molecule has 0 fully saturated rings. The van der Waals surface area contributed by atoms with E-state index in [9.17, 15) is 4.79 Å². The Balaban J connectivity index is 1.77. The molecule has 1 amide bonds. The van der Waals surface area contributed by atoms with Crippen molar-refractivity contribution in [2.24, 2.45) is 0 Å². The maximum absolute atomic E-state index is 12.1. The van der Waals surface area contributed by atoms with Gasteiger partial charge in [-0.1, -0.05) is 6.08 Å². The molecule has 0 saturated heterocycles. The Morgan fingerprint density at radius 3 is 2.71 bits per heavy atom. The summed E-state index contributed by atoms with van der Waals surface area (Å²) in [5, 5.41) is 4.40. The van der Waals surface area contributed by atoms with Crippen LogP contribution in [0.4, 0.5) is 4.79 Å². The number of carbonyl (C=O) groups excluding carboxylic acids is 1. The fourth-order valence-corrected chi connectivity index (χ4v) is 2.74. The number of hydrogen-bond donors (Lipinski definition) is 0. The van der Waals surface area contributed by atoms with Crippen molar-refractivity contribution in [2.75, 3.05) is 20.2 Å². The summed E-state index contributed by atoms with van der Waals surface area (Å²) in [6, 6.07) is 3.93. The molecule has 24 heavy (non-hydrogen) atoms. The van der Waals surface area contributed by atoms with Gasteiger partial charge in [0.15, 0.2) is 0 Å². The second-order valence-electron chi connectivity index (χ2n) is 6.86. The van der Waals surface area contributed by atoms with E-state index >= 15 is 0 Å². The minimum Gasteiger partial charge on any atom is -0.495 e. The van der Waals surface area contributed by atoms with Gasteiger partial charge >= 0.3 is 6.09 Å². The Labute approximate surface area is 141 Å². The molecular formula is C18H23N3O3. The van der Waals surface area contributed by atoms with Crippen LogP contribution in [0.15, 0.2) is 30.6 Å². The molecule has 2 aromatic rings. The molecule has 0 saturated carbocycles. The van der Waals surface area contributed by atoms with E-state index in [0.29, 0.717) is 13.1 Å². The minimum atomic E-state index is -0.470.